The summed E-state index contributed by atoms with van der Waals surface area (Å²) in [5.41, 5.74) is 1.06. The topological polar surface area (TPSA) is 72.3 Å². The highest BCUT2D eigenvalue weighted by Crippen LogP contribution is 2.20. The first-order valence-electron chi connectivity index (χ1n) is 8.57. The molecule has 1 aliphatic rings. The maximum absolute atomic E-state index is 11.7. The second-order valence-corrected chi connectivity index (χ2v) is 6.58. The maximum atomic E-state index is 11.7. The van der Waals surface area contributed by atoms with E-state index in [0.717, 1.165) is 42.3 Å². The van der Waals surface area contributed by atoms with Gasteiger partial charge in [0.2, 0.25) is 0 Å². The standard InChI is InChI=1S/C18H25N5O2/c1-13-20-21-17-9-8-15(11-23(13)17)19-10-14-6-4-5-7-16(14)25-12-18(24)22(2)3/h4-7,15,19H,8-12H2,1-3H3/t15-/m0/s1. The molecule has 0 bridgehead atoms. The fraction of sp³-hybridized carbons (Fsp3) is 0.500. The third-order valence-electron chi connectivity index (χ3n) is 4.54. The Labute approximate surface area is 148 Å². The van der Waals surface area contributed by atoms with E-state index in [1.165, 1.54) is 4.90 Å². The van der Waals surface area contributed by atoms with Gasteiger partial charge in [-0.3, -0.25) is 4.79 Å². The first kappa shape index (κ1) is 17.4. The highest BCUT2D eigenvalue weighted by Gasteiger charge is 2.21. The second-order valence-electron chi connectivity index (χ2n) is 6.58. The van der Waals surface area contributed by atoms with Crippen molar-refractivity contribution in [1.29, 1.82) is 0 Å². The minimum absolute atomic E-state index is 0.0503. The van der Waals surface area contributed by atoms with Crippen LogP contribution in [0, 0.1) is 6.92 Å². The lowest BCUT2D eigenvalue weighted by atomic mass is 10.1. The molecule has 0 fully saturated rings. The molecule has 7 heteroatoms. The van der Waals surface area contributed by atoms with Gasteiger partial charge in [0.25, 0.3) is 5.91 Å². The molecule has 1 atom stereocenters. The molecule has 1 amide bonds. The number of para-hydroxylation sites is 1. The molecule has 134 valence electrons. The Morgan fingerprint density at radius 1 is 1.36 bits per heavy atom. The van der Waals surface area contributed by atoms with Crippen molar-refractivity contribution in [2.24, 2.45) is 0 Å². The molecule has 25 heavy (non-hydrogen) atoms. The predicted molar refractivity (Wildman–Crippen MR) is 94.3 cm³/mol. The first-order chi connectivity index (χ1) is 12.0. The Kier molecular flexibility index (Phi) is 5.33. The summed E-state index contributed by atoms with van der Waals surface area (Å²) >= 11 is 0. The number of aryl methyl sites for hydroxylation is 2. The summed E-state index contributed by atoms with van der Waals surface area (Å²) in [4.78, 5) is 13.3. The van der Waals surface area contributed by atoms with Crippen molar-refractivity contribution in [3.8, 4) is 5.75 Å². The van der Waals surface area contributed by atoms with Crippen molar-refractivity contribution in [1.82, 2.24) is 25.0 Å². The van der Waals surface area contributed by atoms with Gasteiger partial charge in [-0.1, -0.05) is 18.2 Å². The van der Waals surface area contributed by atoms with Crippen molar-refractivity contribution < 1.29 is 9.53 Å². The van der Waals surface area contributed by atoms with Crippen molar-refractivity contribution in [3.05, 3.63) is 41.5 Å². The van der Waals surface area contributed by atoms with E-state index >= 15 is 0 Å². The number of hydrogen-bond donors (Lipinski definition) is 1. The smallest absolute Gasteiger partial charge is 0.259 e. The quantitative estimate of drug-likeness (QED) is 0.852. The van der Waals surface area contributed by atoms with Crippen LogP contribution in [0.15, 0.2) is 24.3 Å². The minimum Gasteiger partial charge on any atom is -0.483 e. The van der Waals surface area contributed by atoms with E-state index in [-0.39, 0.29) is 12.5 Å². The van der Waals surface area contributed by atoms with Gasteiger partial charge in [0.15, 0.2) is 6.61 Å². The summed E-state index contributed by atoms with van der Waals surface area (Å²) in [5, 5.41) is 12.0. The third-order valence-corrected chi connectivity index (χ3v) is 4.54. The number of ether oxygens (including phenoxy) is 1. The lowest BCUT2D eigenvalue weighted by Gasteiger charge is -2.25. The van der Waals surface area contributed by atoms with Crippen LogP contribution in [0.2, 0.25) is 0 Å². The largest absolute Gasteiger partial charge is 0.483 e. The molecule has 2 aromatic rings. The van der Waals surface area contributed by atoms with Crippen LogP contribution >= 0.6 is 0 Å². The normalized spacial score (nSPS) is 16.4. The van der Waals surface area contributed by atoms with Gasteiger partial charge < -0.3 is 19.5 Å². The summed E-state index contributed by atoms with van der Waals surface area (Å²) < 4.78 is 7.89. The summed E-state index contributed by atoms with van der Waals surface area (Å²) in [5.74, 6) is 2.74. The summed E-state index contributed by atoms with van der Waals surface area (Å²) in [7, 11) is 3.45. The zero-order chi connectivity index (χ0) is 17.8. The summed E-state index contributed by atoms with van der Waals surface area (Å²) in [6.45, 7) is 3.63. The molecule has 7 nitrogen and oxygen atoms in total. The molecule has 2 heterocycles. The van der Waals surface area contributed by atoms with Crippen LogP contribution in [0.3, 0.4) is 0 Å². The monoisotopic (exact) mass is 343 g/mol. The lowest BCUT2D eigenvalue weighted by molar-refractivity contribution is -0.130. The van der Waals surface area contributed by atoms with Crippen LogP contribution in [0.4, 0.5) is 0 Å². The number of carbonyl (C=O) groups is 1. The van der Waals surface area contributed by atoms with Gasteiger partial charge in [-0.25, -0.2) is 0 Å². The molecule has 1 N–H and O–H groups in total. The van der Waals surface area contributed by atoms with Crippen molar-refractivity contribution >= 4 is 5.91 Å². The average Bonchev–Trinajstić information content (AvgIpc) is 2.99. The zero-order valence-electron chi connectivity index (χ0n) is 15.0. The molecule has 0 saturated carbocycles. The molecular weight excluding hydrogens is 318 g/mol. The number of likely N-dealkylation sites (N-methyl/N-ethyl adjacent to an activating group) is 1. The number of carbonyl (C=O) groups excluding carboxylic acids is 1. The van der Waals surface area contributed by atoms with Crippen LogP contribution in [0.25, 0.3) is 0 Å². The van der Waals surface area contributed by atoms with Gasteiger partial charge in [0.1, 0.15) is 17.4 Å². The Hall–Kier alpha value is -2.41. The SMILES string of the molecule is Cc1nnc2n1C[C@@H](NCc1ccccc1OCC(=O)N(C)C)CC2. The number of hydrogen-bond acceptors (Lipinski definition) is 5. The van der Waals surface area contributed by atoms with Gasteiger partial charge >= 0.3 is 0 Å². The number of aromatic nitrogens is 3. The molecule has 0 unspecified atom stereocenters. The molecule has 1 aromatic carbocycles. The third kappa shape index (κ3) is 4.17. The van der Waals surface area contributed by atoms with Crippen LogP contribution in [-0.4, -0.2) is 52.3 Å². The van der Waals surface area contributed by atoms with Crippen molar-refractivity contribution in [2.45, 2.75) is 38.9 Å². The molecule has 0 radical (unpaired) electrons. The molecular formula is C18H25N5O2. The van der Waals surface area contributed by atoms with Gasteiger partial charge in [-0.05, 0) is 19.4 Å². The highest BCUT2D eigenvalue weighted by atomic mass is 16.5. The fourth-order valence-electron chi connectivity index (χ4n) is 2.94. The van der Waals surface area contributed by atoms with Gasteiger partial charge in [-0.15, -0.1) is 10.2 Å². The van der Waals surface area contributed by atoms with Gasteiger partial charge in [0, 0.05) is 45.2 Å². The predicted octanol–water partition coefficient (Wildman–Crippen LogP) is 1.16. The van der Waals surface area contributed by atoms with Crippen LogP contribution in [0.5, 0.6) is 5.75 Å². The Morgan fingerprint density at radius 3 is 2.96 bits per heavy atom. The second kappa shape index (κ2) is 7.65. The molecule has 3 rings (SSSR count). The molecule has 1 aromatic heterocycles. The van der Waals surface area contributed by atoms with E-state index in [2.05, 4.69) is 20.1 Å². The number of benzene rings is 1. The lowest BCUT2D eigenvalue weighted by Crippen LogP contribution is -2.37. The van der Waals surface area contributed by atoms with E-state index in [9.17, 15) is 4.79 Å². The number of rotatable bonds is 6. The van der Waals surface area contributed by atoms with Gasteiger partial charge in [0.05, 0.1) is 0 Å². The van der Waals surface area contributed by atoms with Crippen LogP contribution in [0.1, 0.15) is 23.6 Å². The summed E-state index contributed by atoms with van der Waals surface area (Å²) in [6.07, 6.45) is 1.98. The van der Waals surface area contributed by atoms with Crippen molar-refractivity contribution in [2.75, 3.05) is 20.7 Å². The summed E-state index contributed by atoms with van der Waals surface area (Å²) in [6, 6.07) is 8.22. The molecule has 1 aliphatic heterocycles. The highest BCUT2D eigenvalue weighted by molar-refractivity contribution is 5.77. The number of fused-ring (bicyclic) bond motifs is 1. The Morgan fingerprint density at radius 2 is 2.16 bits per heavy atom. The number of nitrogens with zero attached hydrogens (tertiary/aromatic N) is 4. The van der Waals surface area contributed by atoms with Crippen molar-refractivity contribution in [3.63, 3.8) is 0 Å². The number of amides is 1. The molecule has 0 aliphatic carbocycles. The Bertz CT molecular complexity index is 741. The van der Waals surface area contributed by atoms with E-state index in [1.54, 1.807) is 14.1 Å². The number of nitrogens with one attached hydrogen (secondary N) is 1. The van der Waals surface area contributed by atoms with E-state index in [4.69, 9.17) is 4.74 Å². The molecule has 0 spiro atoms. The van der Waals surface area contributed by atoms with E-state index in [0.29, 0.717) is 12.6 Å². The first-order valence-corrected chi connectivity index (χ1v) is 8.57. The molecule has 0 saturated heterocycles. The zero-order valence-corrected chi connectivity index (χ0v) is 15.0. The van der Waals surface area contributed by atoms with Crippen LogP contribution in [-0.2, 0) is 24.3 Å². The van der Waals surface area contributed by atoms with Crippen LogP contribution < -0.4 is 10.1 Å². The van der Waals surface area contributed by atoms with Gasteiger partial charge in [-0.2, -0.15) is 0 Å². The Balaban J connectivity index is 1.58. The average molecular weight is 343 g/mol. The fourth-order valence-corrected chi connectivity index (χ4v) is 2.94. The minimum atomic E-state index is -0.0503. The maximum Gasteiger partial charge on any atom is 0.259 e. The van der Waals surface area contributed by atoms with E-state index in [1.807, 2.05) is 31.2 Å². The van der Waals surface area contributed by atoms with E-state index < -0.39 is 0 Å².